The molecule has 2 unspecified atom stereocenters. The predicted molar refractivity (Wildman–Crippen MR) is 117 cm³/mol. The van der Waals surface area contributed by atoms with Gasteiger partial charge in [0.15, 0.2) is 11.5 Å². The van der Waals surface area contributed by atoms with E-state index >= 15 is 0 Å². The van der Waals surface area contributed by atoms with Crippen molar-refractivity contribution in [2.75, 3.05) is 14.2 Å². The van der Waals surface area contributed by atoms with Crippen LogP contribution < -0.4 is 14.2 Å². The topological polar surface area (TPSA) is 56.2 Å². The van der Waals surface area contributed by atoms with Crippen LogP contribution in [0.2, 0.25) is 0 Å². The van der Waals surface area contributed by atoms with Gasteiger partial charge in [-0.15, -0.1) is 0 Å². The highest BCUT2D eigenvalue weighted by Gasteiger charge is 2.41. The van der Waals surface area contributed by atoms with E-state index < -0.39 is 0 Å². The van der Waals surface area contributed by atoms with Crippen molar-refractivity contribution < 1.29 is 14.2 Å². The molecule has 2 atom stereocenters. The normalized spacial score (nSPS) is 19.4. The lowest BCUT2D eigenvalue weighted by atomic mass is 9.96. The first-order valence-electron chi connectivity index (χ1n) is 9.62. The maximum atomic E-state index is 6.38. The minimum Gasteiger partial charge on any atom is -0.493 e. The molecule has 0 amide bonds. The van der Waals surface area contributed by atoms with E-state index in [2.05, 4.69) is 32.0 Å². The summed E-state index contributed by atoms with van der Waals surface area (Å²) in [5.41, 5.74) is 4.12. The summed E-state index contributed by atoms with van der Waals surface area (Å²) in [6.07, 6.45) is 4.01. The highest BCUT2D eigenvalue weighted by atomic mass is 79.9. The van der Waals surface area contributed by atoms with E-state index in [0.29, 0.717) is 11.5 Å². The van der Waals surface area contributed by atoms with Crippen molar-refractivity contribution in [2.45, 2.75) is 18.7 Å². The summed E-state index contributed by atoms with van der Waals surface area (Å²) in [7, 11) is 3.28. The van der Waals surface area contributed by atoms with Crippen molar-refractivity contribution in [3.63, 3.8) is 0 Å². The maximum absolute atomic E-state index is 6.38. The zero-order valence-electron chi connectivity index (χ0n) is 16.6. The summed E-state index contributed by atoms with van der Waals surface area (Å²) < 4.78 is 18.3. The summed E-state index contributed by atoms with van der Waals surface area (Å²) >= 11 is 3.59. The van der Waals surface area contributed by atoms with Crippen LogP contribution in [0.25, 0.3) is 0 Å². The van der Waals surface area contributed by atoms with Gasteiger partial charge in [0.2, 0.25) is 6.23 Å². The number of hydrogen-bond acceptors (Lipinski definition) is 6. The number of benzene rings is 2. The van der Waals surface area contributed by atoms with Crippen LogP contribution in [0.4, 0.5) is 0 Å². The number of ether oxygens (including phenoxy) is 3. The molecule has 0 bridgehead atoms. The number of methoxy groups -OCH3 is 2. The first-order chi connectivity index (χ1) is 14.7. The first-order valence-corrected chi connectivity index (χ1v) is 10.4. The minimum absolute atomic E-state index is 0.0764. The third kappa shape index (κ3) is 3.19. The van der Waals surface area contributed by atoms with Crippen LogP contribution in [0.5, 0.6) is 17.2 Å². The van der Waals surface area contributed by atoms with E-state index in [9.17, 15) is 0 Å². The average molecular weight is 466 g/mol. The SMILES string of the molecule is COc1ccc(C2=NN3C(C2)c2cc(Br)ccc2OC3c2ccncc2)cc1OC. The molecule has 30 heavy (non-hydrogen) atoms. The number of hydrogen-bond donors (Lipinski definition) is 0. The Balaban J connectivity index is 1.58. The Bertz CT molecular complexity index is 1120. The second-order valence-electron chi connectivity index (χ2n) is 7.15. The number of pyridine rings is 1. The molecule has 1 aromatic heterocycles. The zero-order chi connectivity index (χ0) is 20.7. The standard InChI is InChI=1S/C23H20BrN3O3/c1-28-21-5-3-15(11-22(21)29-2)18-13-19-17-12-16(24)4-6-20(17)30-23(27(19)26-18)14-7-9-25-10-8-14/h3-12,19,23H,13H2,1-2H3. The molecule has 0 N–H and O–H groups in total. The van der Waals surface area contributed by atoms with Gasteiger partial charge < -0.3 is 14.2 Å². The molecule has 0 spiro atoms. The Hall–Kier alpha value is -3.06. The molecule has 0 saturated heterocycles. The van der Waals surface area contributed by atoms with Crippen molar-refractivity contribution in [1.82, 2.24) is 9.99 Å². The minimum atomic E-state index is -0.315. The van der Waals surface area contributed by atoms with E-state index in [-0.39, 0.29) is 12.3 Å². The Morgan fingerprint density at radius 2 is 1.80 bits per heavy atom. The molecule has 0 aliphatic carbocycles. The van der Waals surface area contributed by atoms with Gasteiger partial charge >= 0.3 is 0 Å². The molecule has 0 radical (unpaired) electrons. The first kappa shape index (κ1) is 18.9. The summed E-state index contributed by atoms with van der Waals surface area (Å²) in [5.74, 6) is 2.27. The van der Waals surface area contributed by atoms with Crippen LogP contribution in [0.3, 0.4) is 0 Å². The highest BCUT2D eigenvalue weighted by molar-refractivity contribution is 9.10. The number of rotatable bonds is 4. The molecular weight excluding hydrogens is 446 g/mol. The van der Waals surface area contributed by atoms with Crippen LogP contribution >= 0.6 is 15.9 Å². The third-order valence-electron chi connectivity index (χ3n) is 5.46. The average Bonchev–Trinajstić information content (AvgIpc) is 3.24. The van der Waals surface area contributed by atoms with Gasteiger partial charge in [-0.1, -0.05) is 15.9 Å². The number of aromatic nitrogens is 1. The zero-order valence-corrected chi connectivity index (χ0v) is 18.2. The molecule has 6 nitrogen and oxygen atoms in total. The predicted octanol–water partition coefficient (Wildman–Crippen LogP) is 5.10. The van der Waals surface area contributed by atoms with Crippen LogP contribution in [-0.2, 0) is 0 Å². The van der Waals surface area contributed by atoms with Gasteiger partial charge in [-0.2, -0.15) is 5.10 Å². The molecule has 2 aliphatic rings. The number of halogens is 1. The largest absolute Gasteiger partial charge is 0.493 e. The lowest BCUT2D eigenvalue weighted by Crippen LogP contribution is -2.33. The molecule has 3 heterocycles. The van der Waals surface area contributed by atoms with E-state index in [0.717, 1.165) is 39.0 Å². The Morgan fingerprint density at radius 1 is 1.00 bits per heavy atom. The fraction of sp³-hybridized carbons (Fsp3) is 0.217. The van der Waals surface area contributed by atoms with Gasteiger partial charge in [-0.05, 0) is 48.5 Å². The Kier molecular flexibility index (Phi) is 4.83. The molecule has 152 valence electrons. The summed E-state index contributed by atoms with van der Waals surface area (Å²) in [4.78, 5) is 4.14. The van der Waals surface area contributed by atoms with Crippen LogP contribution in [0.1, 0.15) is 35.4 Å². The van der Waals surface area contributed by atoms with E-state index in [1.54, 1.807) is 26.6 Å². The van der Waals surface area contributed by atoms with Crippen molar-refractivity contribution in [3.05, 3.63) is 82.1 Å². The van der Waals surface area contributed by atoms with Gasteiger partial charge in [-0.25, -0.2) is 5.01 Å². The van der Waals surface area contributed by atoms with Crippen LogP contribution in [0, 0.1) is 0 Å². The second kappa shape index (κ2) is 7.65. The smallest absolute Gasteiger partial charge is 0.213 e. The fourth-order valence-corrected chi connectivity index (χ4v) is 4.38. The molecule has 2 aliphatic heterocycles. The summed E-state index contributed by atoms with van der Waals surface area (Å²) in [6.45, 7) is 0. The molecule has 2 aromatic carbocycles. The molecule has 0 saturated carbocycles. The number of fused-ring (bicyclic) bond motifs is 3. The lowest BCUT2D eigenvalue weighted by molar-refractivity contribution is -0.0191. The van der Waals surface area contributed by atoms with Gasteiger partial charge in [0, 0.05) is 40.0 Å². The monoisotopic (exact) mass is 465 g/mol. The second-order valence-corrected chi connectivity index (χ2v) is 8.06. The van der Waals surface area contributed by atoms with Crippen LogP contribution in [0.15, 0.2) is 70.5 Å². The number of hydrazone groups is 1. The van der Waals surface area contributed by atoms with E-state index in [1.807, 2.05) is 42.5 Å². The molecular formula is C23H20BrN3O3. The molecule has 3 aromatic rings. The summed E-state index contributed by atoms with van der Waals surface area (Å²) in [5, 5.41) is 7.04. The van der Waals surface area contributed by atoms with Gasteiger partial charge in [0.05, 0.1) is 26.0 Å². The molecule has 7 heteroatoms. The fourth-order valence-electron chi connectivity index (χ4n) is 4.00. The van der Waals surface area contributed by atoms with Crippen molar-refractivity contribution in [1.29, 1.82) is 0 Å². The Morgan fingerprint density at radius 3 is 2.57 bits per heavy atom. The third-order valence-corrected chi connectivity index (χ3v) is 5.95. The quantitative estimate of drug-likeness (QED) is 0.536. The maximum Gasteiger partial charge on any atom is 0.213 e. The van der Waals surface area contributed by atoms with Gasteiger partial charge in [0.1, 0.15) is 5.75 Å². The van der Waals surface area contributed by atoms with E-state index in [1.165, 1.54) is 0 Å². The van der Waals surface area contributed by atoms with Gasteiger partial charge in [-0.3, -0.25) is 4.98 Å². The molecule has 0 fully saturated rings. The summed E-state index contributed by atoms with van der Waals surface area (Å²) in [6, 6.07) is 16.0. The molecule has 5 rings (SSSR count). The number of nitrogens with zero attached hydrogens (tertiary/aromatic N) is 3. The Labute approximate surface area is 183 Å². The lowest BCUT2D eigenvalue weighted by Gasteiger charge is -2.38. The van der Waals surface area contributed by atoms with Crippen LogP contribution in [-0.4, -0.2) is 29.9 Å². The van der Waals surface area contributed by atoms with Crippen molar-refractivity contribution >= 4 is 21.6 Å². The van der Waals surface area contributed by atoms with Gasteiger partial charge in [0.25, 0.3) is 0 Å². The van der Waals surface area contributed by atoms with Crippen molar-refractivity contribution in [3.8, 4) is 17.2 Å². The highest BCUT2D eigenvalue weighted by Crippen LogP contribution is 2.48. The van der Waals surface area contributed by atoms with Crippen molar-refractivity contribution in [2.24, 2.45) is 5.10 Å². The van der Waals surface area contributed by atoms with E-state index in [4.69, 9.17) is 19.3 Å².